The lowest BCUT2D eigenvalue weighted by Crippen LogP contribution is -2.31. The van der Waals surface area contributed by atoms with E-state index in [-0.39, 0.29) is 83.2 Å². The van der Waals surface area contributed by atoms with Gasteiger partial charge < -0.3 is 39.8 Å². The van der Waals surface area contributed by atoms with Crippen LogP contribution in [0.4, 0.5) is 5.95 Å². The molecule has 2 amide bonds. The number of nitrogens with one attached hydrogen (secondary N) is 3. The van der Waals surface area contributed by atoms with Gasteiger partial charge in [-0.3, -0.25) is 19.1 Å². The molecule has 48 heavy (non-hydrogen) atoms. The van der Waals surface area contributed by atoms with E-state index in [2.05, 4.69) is 39.2 Å². The van der Waals surface area contributed by atoms with Gasteiger partial charge in [-0.15, -0.1) is 0 Å². The molecule has 5 N–H and O–H groups in total. The Kier molecular flexibility index (Phi) is 17.8. The SMILES string of the molecule is CC(C)(Cc1ccc(SNc2ncc(C(=O)NCCOCCOCC(=O)NCCOCCOCC(=O)O)cn2)cc1)CC(C)(C)C(=O)O. The van der Waals surface area contributed by atoms with Crippen molar-refractivity contribution in [3.8, 4) is 0 Å². The first-order valence-corrected chi connectivity index (χ1v) is 16.2. The lowest BCUT2D eigenvalue weighted by Gasteiger charge is -2.32. The monoisotopic (exact) mass is 693 g/mol. The number of ether oxygens (including phenoxy) is 4. The third-order valence-corrected chi connectivity index (χ3v) is 7.38. The Bertz CT molecular complexity index is 1290. The van der Waals surface area contributed by atoms with Crippen molar-refractivity contribution in [2.75, 3.05) is 70.7 Å². The van der Waals surface area contributed by atoms with E-state index in [9.17, 15) is 24.3 Å². The summed E-state index contributed by atoms with van der Waals surface area (Å²) >= 11 is 1.34. The zero-order chi connectivity index (χ0) is 35.4. The molecule has 0 saturated heterocycles. The second-order valence-corrected chi connectivity index (χ2v) is 13.1. The Balaban J connectivity index is 1.54. The predicted octanol–water partition coefficient (Wildman–Crippen LogP) is 2.66. The van der Waals surface area contributed by atoms with Crippen LogP contribution in [0.15, 0.2) is 41.6 Å². The molecule has 0 spiro atoms. The highest BCUT2D eigenvalue weighted by Crippen LogP contribution is 2.36. The normalized spacial score (nSPS) is 11.6. The van der Waals surface area contributed by atoms with E-state index in [1.165, 1.54) is 24.3 Å². The third-order valence-electron chi connectivity index (χ3n) is 6.58. The quantitative estimate of drug-likeness (QED) is 0.0749. The van der Waals surface area contributed by atoms with Gasteiger partial charge in [0.2, 0.25) is 11.9 Å². The second kappa shape index (κ2) is 21.2. The molecule has 0 aliphatic heterocycles. The molecule has 0 aliphatic rings. The lowest BCUT2D eigenvalue weighted by molar-refractivity contribution is -0.148. The fourth-order valence-electron chi connectivity index (χ4n) is 4.58. The van der Waals surface area contributed by atoms with E-state index >= 15 is 0 Å². The number of anilines is 1. The van der Waals surface area contributed by atoms with Gasteiger partial charge in [0.05, 0.1) is 50.6 Å². The van der Waals surface area contributed by atoms with Crippen LogP contribution in [0, 0.1) is 10.8 Å². The van der Waals surface area contributed by atoms with Crippen molar-refractivity contribution in [3.05, 3.63) is 47.8 Å². The largest absolute Gasteiger partial charge is 0.481 e. The summed E-state index contributed by atoms with van der Waals surface area (Å²) in [6.45, 7) is 9.06. The Hall–Kier alpha value is -3.83. The number of carboxylic acids is 2. The maximum Gasteiger partial charge on any atom is 0.329 e. The van der Waals surface area contributed by atoms with Gasteiger partial charge in [-0.1, -0.05) is 26.0 Å². The fourth-order valence-corrected chi connectivity index (χ4v) is 5.17. The first-order chi connectivity index (χ1) is 22.8. The maximum absolute atomic E-state index is 12.4. The number of nitrogens with zero attached hydrogens (tertiary/aromatic N) is 2. The number of hydrogen-bond acceptors (Lipinski definition) is 12. The van der Waals surface area contributed by atoms with Crippen molar-refractivity contribution in [1.29, 1.82) is 0 Å². The van der Waals surface area contributed by atoms with Gasteiger partial charge in [0.25, 0.3) is 5.91 Å². The maximum atomic E-state index is 12.4. The zero-order valence-corrected chi connectivity index (χ0v) is 28.7. The number of aromatic nitrogens is 2. The predicted molar refractivity (Wildman–Crippen MR) is 178 cm³/mol. The van der Waals surface area contributed by atoms with Crippen molar-refractivity contribution >= 4 is 41.6 Å². The van der Waals surface area contributed by atoms with E-state index in [4.69, 9.17) is 24.1 Å². The van der Waals surface area contributed by atoms with E-state index < -0.39 is 17.4 Å². The van der Waals surface area contributed by atoms with E-state index in [1.54, 1.807) is 13.8 Å². The molecular formula is C32H47N5O10S. The summed E-state index contributed by atoms with van der Waals surface area (Å²) in [6.07, 6.45) is 4.17. The first-order valence-electron chi connectivity index (χ1n) is 15.4. The average molecular weight is 694 g/mol. The van der Waals surface area contributed by atoms with Crippen molar-refractivity contribution in [3.63, 3.8) is 0 Å². The van der Waals surface area contributed by atoms with Crippen LogP contribution in [0.25, 0.3) is 0 Å². The molecule has 15 nitrogen and oxygen atoms in total. The van der Waals surface area contributed by atoms with Crippen LogP contribution in [0.2, 0.25) is 0 Å². The van der Waals surface area contributed by atoms with Crippen molar-refractivity contribution in [1.82, 2.24) is 20.6 Å². The highest BCUT2D eigenvalue weighted by Gasteiger charge is 2.34. The summed E-state index contributed by atoms with van der Waals surface area (Å²) in [7, 11) is 0. The number of benzene rings is 1. The topological polar surface area (TPSA) is 208 Å². The molecule has 2 rings (SSSR count). The van der Waals surface area contributed by atoms with E-state index in [0.29, 0.717) is 17.9 Å². The molecule has 1 aromatic heterocycles. The van der Waals surface area contributed by atoms with E-state index in [0.717, 1.165) is 16.9 Å². The van der Waals surface area contributed by atoms with Gasteiger partial charge in [-0.05, 0) is 61.7 Å². The minimum Gasteiger partial charge on any atom is -0.481 e. The van der Waals surface area contributed by atoms with Gasteiger partial charge in [-0.25, -0.2) is 14.8 Å². The van der Waals surface area contributed by atoms with Gasteiger partial charge in [-0.2, -0.15) is 0 Å². The molecule has 0 saturated carbocycles. The van der Waals surface area contributed by atoms with Crippen molar-refractivity contribution in [2.24, 2.45) is 10.8 Å². The van der Waals surface area contributed by atoms with Crippen molar-refractivity contribution in [2.45, 2.75) is 45.4 Å². The molecule has 0 atom stereocenters. The fraction of sp³-hybridized carbons (Fsp3) is 0.562. The smallest absolute Gasteiger partial charge is 0.329 e. The summed E-state index contributed by atoms with van der Waals surface area (Å²) in [5, 5.41) is 23.3. The number of rotatable bonds is 25. The molecule has 2 aromatic rings. The van der Waals surface area contributed by atoms with Crippen LogP contribution in [0.1, 0.15) is 50.0 Å². The average Bonchev–Trinajstić information content (AvgIpc) is 3.02. The number of hydrogen-bond donors (Lipinski definition) is 5. The highest BCUT2D eigenvalue weighted by molar-refractivity contribution is 8.00. The number of carboxylic acid groups (broad SMARTS) is 2. The van der Waals surface area contributed by atoms with Gasteiger partial charge in [0.15, 0.2) is 0 Å². The van der Waals surface area contributed by atoms with Gasteiger partial charge in [0.1, 0.15) is 13.2 Å². The van der Waals surface area contributed by atoms with Crippen LogP contribution in [-0.4, -0.2) is 110 Å². The minimum atomic E-state index is -1.05. The number of carbonyl (C=O) groups excluding carboxylic acids is 2. The molecule has 0 radical (unpaired) electrons. The van der Waals surface area contributed by atoms with Crippen LogP contribution >= 0.6 is 11.9 Å². The molecule has 1 heterocycles. The van der Waals surface area contributed by atoms with Crippen LogP contribution in [-0.2, 0) is 39.8 Å². The van der Waals surface area contributed by atoms with Gasteiger partial charge in [0, 0.05) is 30.4 Å². The van der Waals surface area contributed by atoms with Crippen LogP contribution in [0.5, 0.6) is 0 Å². The summed E-state index contributed by atoms with van der Waals surface area (Å²) in [4.78, 5) is 55.3. The summed E-state index contributed by atoms with van der Waals surface area (Å²) in [5.74, 6) is -2.13. The summed E-state index contributed by atoms with van der Waals surface area (Å²) in [6, 6.07) is 8.01. The zero-order valence-electron chi connectivity index (χ0n) is 27.9. The Morgan fingerprint density at radius 1 is 0.771 bits per heavy atom. The van der Waals surface area contributed by atoms with Crippen LogP contribution in [0.3, 0.4) is 0 Å². The molecule has 0 fully saturated rings. The van der Waals surface area contributed by atoms with E-state index in [1.807, 2.05) is 24.3 Å². The standard InChI is InChI=1S/C32H47N5O10S/c1-31(2,22-32(3,4)29(42)43)17-23-5-7-25(8-6-23)48-37-30-35-18-24(19-36-30)28(41)34-10-12-45-13-15-46-20-26(38)33-9-11-44-14-16-47-21-27(39)40/h5-8,18-19H,9-17,20-22H2,1-4H3,(H,33,38)(H,34,41)(H,39,40)(H,42,43)(H,35,36,37). The molecule has 0 bridgehead atoms. The molecule has 16 heteroatoms. The number of amides is 2. The molecule has 1 aromatic carbocycles. The first kappa shape index (κ1) is 40.3. The Labute approximate surface area is 285 Å². The number of aliphatic carboxylic acids is 2. The second-order valence-electron chi connectivity index (χ2n) is 12.2. The molecular weight excluding hydrogens is 646 g/mol. The van der Waals surface area contributed by atoms with Crippen molar-refractivity contribution < 1.29 is 48.3 Å². The third kappa shape index (κ3) is 17.4. The summed E-state index contributed by atoms with van der Waals surface area (Å²) < 4.78 is 23.7. The van der Waals surface area contributed by atoms with Gasteiger partial charge >= 0.3 is 11.9 Å². The van der Waals surface area contributed by atoms with Crippen LogP contribution < -0.4 is 15.4 Å². The Morgan fingerprint density at radius 2 is 1.33 bits per heavy atom. The summed E-state index contributed by atoms with van der Waals surface area (Å²) in [5.41, 5.74) is 0.453. The Morgan fingerprint density at radius 3 is 1.92 bits per heavy atom. The highest BCUT2D eigenvalue weighted by atomic mass is 32.2. The molecule has 266 valence electrons. The molecule has 0 aliphatic carbocycles. The molecule has 0 unspecified atom stereocenters. The lowest BCUT2D eigenvalue weighted by atomic mass is 9.72. The number of carbonyl (C=O) groups is 4. The minimum absolute atomic E-state index is 0.133.